The summed E-state index contributed by atoms with van der Waals surface area (Å²) in [6, 6.07) is 10.4. The van der Waals surface area contributed by atoms with Crippen molar-refractivity contribution >= 4 is 22.6 Å². The number of methoxy groups -OCH3 is 2. The molecule has 2 aromatic carbocycles. The van der Waals surface area contributed by atoms with Crippen LogP contribution in [0.25, 0.3) is 0 Å². The van der Waals surface area contributed by atoms with E-state index in [0.717, 1.165) is 39.0 Å². The van der Waals surface area contributed by atoms with Crippen LogP contribution in [0.2, 0.25) is 0 Å². The quantitative estimate of drug-likeness (QED) is 0.607. The molecule has 0 saturated carbocycles. The van der Waals surface area contributed by atoms with E-state index in [0.29, 0.717) is 17.2 Å². The molecule has 0 fully saturated rings. The highest BCUT2D eigenvalue weighted by Gasteiger charge is 2.36. The molecular weight excluding hydrogens is 471 g/mol. The van der Waals surface area contributed by atoms with Gasteiger partial charge in [0.1, 0.15) is 0 Å². The predicted molar refractivity (Wildman–Crippen MR) is 112 cm³/mol. The van der Waals surface area contributed by atoms with Crippen LogP contribution in [0.4, 0.5) is 0 Å². The minimum atomic E-state index is -0.344. The smallest absolute Gasteiger partial charge is 0.231 e. The molecule has 2 aliphatic heterocycles. The third kappa shape index (κ3) is 3.05. The zero-order valence-electron chi connectivity index (χ0n) is 16.0. The van der Waals surface area contributed by atoms with Gasteiger partial charge in [0.25, 0.3) is 0 Å². The monoisotopic (exact) mass is 492 g/mol. The Labute approximate surface area is 178 Å². The highest BCUT2D eigenvalue weighted by Crippen LogP contribution is 2.47. The standard InChI is InChI=1S/C21H21IN2O4/c1-24-7-6-12-8-17-18(28-11-27-17)9-14(12)15(10-23)20(24)13-4-5-16(25-2)21(26-3)19(13)22/h4-5,8-9,15,20H,6-7,11H2,1-3H3/t15-,20-/m0/s1. The Hall–Kier alpha value is -2.18. The van der Waals surface area contributed by atoms with Gasteiger partial charge in [0, 0.05) is 6.54 Å². The number of halogens is 1. The molecule has 2 aromatic rings. The number of rotatable bonds is 3. The van der Waals surface area contributed by atoms with Gasteiger partial charge in [-0.1, -0.05) is 6.07 Å². The summed E-state index contributed by atoms with van der Waals surface area (Å²) in [5.41, 5.74) is 3.20. The molecule has 0 unspecified atom stereocenters. The Balaban J connectivity index is 1.86. The van der Waals surface area contributed by atoms with E-state index in [4.69, 9.17) is 18.9 Å². The van der Waals surface area contributed by atoms with Gasteiger partial charge < -0.3 is 18.9 Å². The fraction of sp³-hybridized carbons (Fsp3) is 0.381. The average molecular weight is 492 g/mol. The van der Waals surface area contributed by atoms with E-state index in [9.17, 15) is 5.26 Å². The fourth-order valence-corrected chi connectivity index (χ4v) is 5.04. The van der Waals surface area contributed by atoms with Gasteiger partial charge in [-0.2, -0.15) is 5.26 Å². The van der Waals surface area contributed by atoms with Crippen molar-refractivity contribution in [3.05, 3.63) is 44.5 Å². The molecule has 0 aromatic heterocycles. The van der Waals surface area contributed by atoms with Crippen LogP contribution in [0, 0.1) is 14.9 Å². The third-order valence-corrected chi connectivity index (χ3v) is 6.58. The number of hydrogen-bond acceptors (Lipinski definition) is 6. The molecule has 0 N–H and O–H groups in total. The van der Waals surface area contributed by atoms with Crippen molar-refractivity contribution < 1.29 is 18.9 Å². The van der Waals surface area contributed by atoms with Crippen LogP contribution in [0.15, 0.2) is 24.3 Å². The second kappa shape index (κ2) is 7.68. The lowest BCUT2D eigenvalue weighted by molar-refractivity contribution is 0.173. The highest BCUT2D eigenvalue weighted by atomic mass is 127. The molecular formula is C21H21IN2O4. The maximum Gasteiger partial charge on any atom is 0.231 e. The molecule has 0 aliphatic carbocycles. The van der Waals surface area contributed by atoms with Crippen LogP contribution in [-0.4, -0.2) is 39.5 Å². The number of fused-ring (bicyclic) bond motifs is 2. The first-order valence-electron chi connectivity index (χ1n) is 9.01. The first-order valence-corrected chi connectivity index (χ1v) is 10.1. The lowest BCUT2D eigenvalue weighted by Crippen LogP contribution is -2.29. The molecule has 0 spiro atoms. The lowest BCUT2D eigenvalue weighted by Gasteiger charge is -2.31. The maximum atomic E-state index is 10.2. The average Bonchev–Trinajstić information content (AvgIpc) is 3.11. The fourth-order valence-electron chi connectivity index (χ4n) is 4.06. The molecule has 2 aliphatic rings. The van der Waals surface area contributed by atoms with Crippen molar-refractivity contribution in [2.24, 2.45) is 0 Å². The van der Waals surface area contributed by atoms with Crippen LogP contribution in [0.3, 0.4) is 0 Å². The summed E-state index contributed by atoms with van der Waals surface area (Å²) >= 11 is 2.28. The van der Waals surface area contributed by atoms with E-state index < -0.39 is 0 Å². The van der Waals surface area contributed by atoms with Crippen molar-refractivity contribution in [2.75, 3.05) is 34.6 Å². The summed E-state index contributed by atoms with van der Waals surface area (Å²) < 4.78 is 23.1. The molecule has 2 atom stereocenters. The van der Waals surface area contributed by atoms with Crippen molar-refractivity contribution in [2.45, 2.75) is 18.4 Å². The van der Waals surface area contributed by atoms with E-state index in [1.54, 1.807) is 14.2 Å². The molecule has 2 heterocycles. The molecule has 0 radical (unpaired) electrons. The Bertz CT molecular complexity index is 956. The second-order valence-electron chi connectivity index (χ2n) is 6.89. The van der Waals surface area contributed by atoms with Crippen molar-refractivity contribution in [3.8, 4) is 29.1 Å². The van der Waals surface area contributed by atoms with Crippen LogP contribution >= 0.6 is 22.6 Å². The molecule has 0 bridgehead atoms. The summed E-state index contributed by atoms with van der Waals surface area (Å²) in [5, 5.41) is 10.2. The Morgan fingerprint density at radius 3 is 2.57 bits per heavy atom. The van der Waals surface area contributed by atoms with E-state index >= 15 is 0 Å². The van der Waals surface area contributed by atoms with E-state index in [1.807, 2.05) is 24.3 Å². The Morgan fingerprint density at radius 1 is 1.14 bits per heavy atom. The number of ether oxygens (including phenoxy) is 4. The van der Waals surface area contributed by atoms with E-state index in [-0.39, 0.29) is 18.8 Å². The van der Waals surface area contributed by atoms with Crippen LogP contribution < -0.4 is 18.9 Å². The molecule has 0 saturated heterocycles. The molecule has 4 rings (SSSR count). The number of likely N-dealkylation sites (N-methyl/N-ethyl adjacent to an activating group) is 1. The highest BCUT2D eigenvalue weighted by molar-refractivity contribution is 14.1. The van der Waals surface area contributed by atoms with Crippen LogP contribution in [0.5, 0.6) is 23.0 Å². The SMILES string of the molecule is COc1ccc([C@H]2[C@@H](C#N)c3cc4c(cc3CCN2C)OCO4)c(I)c1OC. The van der Waals surface area contributed by atoms with Gasteiger partial charge in [0.15, 0.2) is 23.0 Å². The minimum absolute atomic E-state index is 0.113. The summed E-state index contributed by atoms with van der Waals surface area (Å²) in [6.45, 7) is 1.06. The number of benzene rings is 2. The predicted octanol–water partition coefficient (Wildman–Crippen LogP) is 3.87. The summed E-state index contributed by atoms with van der Waals surface area (Å²) in [6.07, 6.45) is 0.848. The van der Waals surface area contributed by atoms with Gasteiger partial charge in [-0.05, 0) is 70.9 Å². The topological polar surface area (TPSA) is 64.0 Å². The van der Waals surface area contributed by atoms with Crippen LogP contribution in [0.1, 0.15) is 28.7 Å². The largest absolute Gasteiger partial charge is 0.493 e. The van der Waals surface area contributed by atoms with Gasteiger partial charge in [-0.25, -0.2) is 0 Å². The number of nitrogens with zero attached hydrogens (tertiary/aromatic N) is 2. The Morgan fingerprint density at radius 2 is 1.89 bits per heavy atom. The molecule has 6 nitrogen and oxygen atoms in total. The van der Waals surface area contributed by atoms with Crippen molar-refractivity contribution in [1.82, 2.24) is 4.90 Å². The van der Waals surface area contributed by atoms with E-state index in [2.05, 4.69) is 40.6 Å². The van der Waals surface area contributed by atoms with Crippen LogP contribution in [-0.2, 0) is 6.42 Å². The third-order valence-electron chi connectivity index (χ3n) is 5.47. The zero-order valence-corrected chi connectivity index (χ0v) is 18.1. The summed E-state index contributed by atoms with van der Waals surface area (Å²) in [4.78, 5) is 2.24. The maximum absolute atomic E-state index is 10.2. The first-order chi connectivity index (χ1) is 13.6. The summed E-state index contributed by atoms with van der Waals surface area (Å²) in [5.74, 6) is 2.51. The molecule has 28 heavy (non-hydrogen) atoms. The molecule has 7 heteroatoms. The number of hydrogen-bond donors (Lipinski definition) is 0. The lowest BCUT2D eigenvalue weighted by atomic mass is 9.85. The molecule has 0 amide bonds. The van der Waals surface area contributed by atoms with Gasteiger partial charge in [0.05, 0.1) is 35.8 Å². The number of nitriles is 1. The van der Waals surface area contributed by atoms with Crippen molar-refractivity contribution in [3.63, 3.8) is 0 Å². The molecule has 146 valence electrons. The Kier molecular flexibility index (Phi) is 5.25. The first kappa shape index (κ1) is 19.2. The van der Waals surface area contributed by atoms with Gasteiger partial charge in [-0.15, -0.1) is 0 Å². The minimum Gasteiger partial charge on any atom is -0.493 e. The van der Waals surface area contributed by atoms with E-state index in [1.165, 1.54) is 0 Å². The normalized spacial score (nSPS) is 20.8. The summed E-state index contributed by atoms with van der Waals surface area (Å²) in [7, 11) is 5.33. The zero-order chi connectivity index (χ0) is 19.8. The van der Waals surface area contributed by atoms with Gasteiger partial charge >= 0.3 is 0 Å². The van der Waals surface area contributed by atoms with Crippen molar-refractivity contribution in [1.29, 1.82) is 5.26 Å². The van der Waals surface area contributed by atoms with Gasteiger partial charge in [-0.3, -0.25) is 4.90 Å². The second-order valence-corrected chi connectivity index (χ2v) is 7.97. The van der Waals surface area contributed by atoms with Gasteiger partial charge in [0.2, 0.25) is 6.79 Å².